The molecule has 1 aromatic heterocycles. The molecule has 0 amide bonds. The third kappa shape index (κ3) is 3.11. The first-order valence-corrected chi connectivity index (χ1v) is 5.77. The van der Waals surface area contributed by atoms with Crippen LogP contribution in [0.5, 0.6) is 0 Å². The van der Waals surface area contributed by atoms with E-state index in [4.69, 9.17) is 9.52 Å². The fraction of sp³-hybridized carbons (Fsp3) is 0.286. The summed E-state index contributed by atoms with van der Waals surface area (Å²) < 4.78 is 5.44. The van der Waals surface area contributed by atoms with E-state index >= 15 is 0 Å². The van der Waals surface area contributed by atoms with Crippen LogP contribution in [-0.4, -0.2) is 11.7 Å². The maximum absolute atomic E-state index is 9.01. The van der Waals surface area contributed by atoms with Gasteiger partial charge in [0.2, 0.25) is 0 Å². The van der Waals surface area contributed by atoms with Gasteiger partial charge in [-0.15, -0.1) is 0 Å². The molecule has 3 nitrogen and oxygen atoms in total. The van der Waals surface area contributed by atoms with Crippen molar-refractivity contribution in [3.05, 3.63) is 53.3 Å². The lowest BCUT2D eigenvalue weighted by atomic mass is 10.1. The van der Waals surface area contributed by atoms with E-state index in [2.05, 4.69) is 17.4 Å². The largest absolute Gasteiger partial charge is 0.443 e. The first kappa shape index (κ1) is 11.7. The van der Waals surface area contributed by atoms with Gasteiger partial charge in [-0.05, 0) is 24.5 Å². The van der Waals surface area contributed by atoms with E-state index in [0.717, 1.165) is 24.4 Å². The lowest BCUT2D eigenvalue weighted by molar-refractivity contribution is 0.247. The van der Waals surface area contributed by atoms with Crippen molar-refractivity contribution in [2.45, 2.75) is 20.0 Å². The molecule has 1 heterocycles. The van der Waals surface area contributed by atoms with Crippen molar-refractivity contribution in [2.75, 3.05) is 11.9 Å². The number of aliphatic hydroxyl groups is 1. The number of anilines is 1. The molecule has 0 bridgehead atoms. The van der Waals surface area contributed by atoms with Crippen molar-refractivity contribution in [3.8, 4) is 0 Å². The molecule has 0 radical (unpaired) electrons. The second-order valence-electron chi connectivity index (χ2n) is 4.04. The summed E-state index contributed by atoms with van der Waals surface area (Å²) in [6.07, 6.45) is 0.953. The van der Waals surface area contributed by atoms with Gasteiger partial charge < -0.3 is 14.8 Å². The molecule has 17 heavy (non-hydrogen) atoms. The third-order valence-corrected chi connectivity index (χ3v) is 2.72. The van der Waals surface area contributed by atoms with Crippen molar-refractivity contribution < 1.29 is 9.52 Å². The summed E-state index contributed by atoms with van der Waals surface area (Å²) in [7, 11) is 0. The van der Waals surface area contributed by atoms with E-state index in [1.165, 1.54) is 5.56 Å². The number of aryl methyl sites for hydroxylation is 1. The van der Waals surface area contributed by atoms with Crippen LogP contribution in [0.1, 0.15) is 16.9 Å². The van der Waals surface area contributed by atoms with Gasteiger partial charge >= 0.3 is 0 Å². The van der Waals surface area contributed by atoms with Crippen molar-refractivity contribution in [2.24, 2.45) is 0 Å². The van der Waals surface area contributed by atoms with Crippen LogP contribution in [0.2, 0.25) is 0 Å². The van der Waals surface area contributed by atoms with Crippen LogP contribution in [0.25, 0.3) is 0 Å². The number of benzene rings is 1. The Kier molecular flexibility index (Phi) is 3.83. The first-order valence-electron chi connectivity index (χ1n) is 5.77. The van der Waals surface area contributed by atoms with Crippen LogP contribution in [-0.2, 0) is 13.0 Å². The summed E-state index contributed by atoms with van der Waals surface area (Å²) in [6, 6.07) is 12.2. The number of aliphatic hydroxyl groups excluding tert-OH is 1. The zero-order valence-electron chi connectivity index (χ0n) is 9.94. The zero-order chi connectivity index (χ0) is 12.1. The van der Waals surface area contributed by atoms with Crippen LogP contribution in [0.4, 0.5) is 5.88 Å². The van der Waals surface area contributed by atoms with Crippen molar-refractivity contribution in [3.63, 3.8) is 0 Å². The number of hydrogen-bond donors (Lipinski definition) is 2. The maximum atomic E-state index is 9.01. The Balaban J connectivity index is 1.86. The highest BCUT2D eigenvalue weighted by Crippen LogP contribution is 2.18. The molecule has 0 saturated carbocycles. The summed E-state index contributed by atoms with van der Waals surface area (Å²) in [5.41, 5.74) is 2.28. The van der Waals surface area contributed by atoms with E-state index in [0.29, 0.717) is 5.76 Å². The van der Waals surface area contributed by atoms with Crippen molar-refractivity contribution in [1.29, 1.82) is 0 Å². The molecule has 2 rings (SSSR count). The summed E-state index contributed by atoms with van der Waals surface area (Å²) in [5.74, 6) is 1.36. The molecule has 0 atom stereocenters. The van der Waals surface area contributed by atoms with Crippen LogP contribution < -0.4 is 5.32 Å². The van der Waals surface area contributed by atoms with Crippen LogP contribution >= 0.6 is 0 Å². The molecule has 0 aliphatic rings. The zero-order valence-corrected chi connectivity index (χ0v) is 9.94. The predicted molar refractivity (Wildman–Crippen MR) is 68.0 cm³/mol. The maximum Gasteiger partial charge on any atom is 0.193 e. The fourth-order valence-corrected chi connectivity index (χ4v) is 1.74. The van der Waals surface area contributed by atoms with Crippen molar-refractivity contribution >= 4 is 5.88 Å². The van der Waals surface area contributed by atoms with Gasteiger partial charge in [0.05, 0.1) is 0 Å². The molecule has 0 unspecified atom stereocenters. The Morgan fingerprint density at radius 2 is 2.00 bits per heavy atom. The van der Waals surface area contributed by atoms with Gasteiger partial charge in [0, 0.05) is 12.6 Å². The number of furan rings is 1. The molecule has 2 N–H and O–H groups in total. The molecule has 2 aromatic rings. The minimum atomic E-state index is -0.0494. The van der Waals surface area contributed by atoms with Gasteiger partial charge in [0.1, 0.15) is 12.4 Å². The van der Waals surface area contributed by atoms with E-state index in [1.807, 2.05) is 31.2 Å². The highest BCUT2D eigenvalue weighted by molar-refractivity contribution is 5.37. The number of nitrogens with one attached hydrogen (secondary N) is 1. The molecule has 0 fully saturated rings. The molecule has 3 heteroatoms. The van der Waals surface area contributed by atoms with Gasteiger partial charge in [0.15, 0.2) is 5.88 Å². The second-order valence-corrected chi connectivity index (χ2v) is 4.04. The summed E-state index contributed by atoms with van der Waals surface area (Å²) in [4.78, 5) is 0. The molecule has 0 saturated heterocycles. The van der Waals surface area contributed by atoms with Crippen LogP contribution in [0, 0.1) is 6.92 Å². The summed E-state index contributed by atoms with van der Waals surface area (Å²) in [6.45, 7) is 2.70. The SMILES string of the molecule is Cc1cc(NCCc2ccccc2)oc1CO. The lowest BCUT2D eigenvalue weighted by Gasteiger charge is -2.02. The fourth-order valence-electron chi connectivity index (χ4n) is 1.74. The molecule has 90 valence electrons. The van der Waals surface area contributed by atoms with Crippen LogP contribution in [0.3, 0.4) is 0 Å². The molecule has 1 aromatic carbocycles. The highest BCUT2D eigenvalue weighted by Gasteiger charge is 2.05. The Labute approximate surface area is 101 Å². The standard InChI is InChI=1S/C14H17NO2/c1-11-9-14(17-13(11)10-16)15-8-7-12-5-3-2-4-6-12/h2-6,9,15-16H,7-8,10H2,1H3. The minimum absolute atomic E-state index is 0.0494. The average molecular weight is 231 g/mol. The molecule has 0 aliphatic carbocycles. The smallest absolute Gasteiger partial charge is 0.193 e. The Hall–Kier alpha value is -1.74. The van der Waals surface area contributed by atoms with E-state index in [-0.39, 0.29) is 6.61 Å². The lowest BCUT2D eigenvalue weighted by Crippen LogP contribution is -2.03. The average Bonchev–Trinajstić information content (AvgIpc) is 2.71. The summed E-state index contributed by atoms with van der Waals surface area (Å²) >= 11 is 0. The molecule has 0 spiro atoms. The quantitative estimate of drug-likeness (QED) is 0.831. The van der Waals surface area contributed by atoms with Gasteiger partial charge in [0.25, 0.3) is 0 Å². The van der Waals surface area contributed by atoms with Gasteiger partial charge in [-0.1, -0.05) is 30.3 Å². The topological polar surface area (TPSA) is 45.4 Å². The Bertz CT molecular complexity index is 462. The molecular formula is C14H17NO2. The van der Waals surface area contributed by atoms with E-state index < -0.39 is 0 Å². The third-order valence-electron chi connectivity index (χ3n) is 2.72. The number of rotatable bonds is 5. The van der Waals surface area contributed by atoms with Crippen molar-refractivity contribution in [1.82, 2.24) is 0 Å². The highest BCUT2D eigenvalue weighted by atomic mass is 16.4. The van der Waals surface area contributed by atoms with Gasteiger partial charge in [-0.3, -0.25) is 0 Å². The van der Waals surface area contributed by atoms with Crippen LogP contribution in [0.15, 0.2) is 40.8 Å². The normalized spacial score (nSPS) is 10.5. The monoisotopic (exact) mass is 231 g/mol. The van der Waals surface area contributed by atoms with E-state index in [9.17, 15) is 0 Å². The van der Waals surface area contributed by atoms with E-state index in [1.54, 1.807) is 0 Å². The first-order chi connectivity index (χ1) is 8.29. The van der Waals surface area contributed by atoms with Gasteiger partial charge in [-0.2, -0.15) is 0 Å². The van der Waals surface area contributed by atoms with Gasteiger partial charge in [-0.25, -0.2) is 0 Å². The minimum Gasteiger partial charge on any atom is -0.443 e. The Morgan fingerprint density at radius 1 is 1.24 bits per heavy atom. The predicted octanol–water partition coefficient (Wildman–Crippen LogP) is 2.73. The molecule has 0 aliphatic heterocycles. The summed E-state index contributed by atoms with van der Waals surface area (Å²) in [5, 5.41) is 12.2. The Morgan fingerprint density at radius 3 is 2.65 bits per heavy atom. The molecular weight excluding hydrogens is 214 g/mol. The second kappa shape index (κ2) is 5.55. The number of hydrogen-bond acceptors (Lipinski definition) is 3.